The van der Waals surface area contributed by atoms with Crippen LogP contribution in [0.2, 0.25) is 0 Å². The molecule has 0 saturated heterocycles. The summed E-state index contributed by atoms with van der Waals surface area (Å²) in [5.41, 5.74) is 5.47. The summed E-state index contributed by atoms with van der Waals surface area (Å²) >= 11 is 0. The monoisotopic (exact) mass is 491 g/mol. The predicted octanol–water partition coefficient (Wildman–Crippen LogP) is 3.92. The molecule has 1 aromatic carbocycles. The van der Waals surface area contributed by atoms with E-state index in [0.29, 0.717) is 52.0 Å². The zero-order valence-electron chi connectivity index (χ0n) is 20.1. The molecule has 36 heavy (non-hydrogen) atoms. The average molecular weight is 492 g/mol. The summed E-state index contributed by atoms with van der Waals surface area (Å²) in [6, 6.07) is 7.24. The second kappa shape index (κ2) is 9.36. The van der Waals surface area contributed by atoms with E-state index in [-0.39, 0.29) is 12.1 Å². The maximum absolute atomic E-state index is 13.5. The highest BCUT2D eigenvalue weighted by molar-refractivity contribution is 5.98. The van der Waals surface area contributed by atoms with Crippen LogP contribution < -0.4 is 10.1 Å². The van der Waals surface area contributed by atoms with Gasteiger partial charge in [-0.05, 0) is 37.3 Å². The zero-order chi connectivity index (χ0) is 25.4. The summed E-state index contributed by atoms with van der Waals surface area (Å²) in [7, 11) is 3.21. The lowest BCUT2D eigenvalue weighted by Gasteiger charge is -2.16. The van der Waals surface area contributed by atoms with Crippen LogP contribution in [0.3, 0.4) is 0 Å². The van der Waals surface area contributed by atoms with E-state index in [2.05, 4.69) is 40.7 Å². The van der Waals surface area contributed by atoms with Crippen molar-refractivity contribution < 1.29 is 13.5 Å². The van der Waals surface area contributed by atoms with E-state index >= 15 is 0 Å². The van der Waals surface area contributed by atoms with Gasteiger partial charge in [-0.3, -0.25) is 15.0 Å². The molecule has 12 heteroatoms. The van der Waals surface area contributed by atoms with Crippen molar-refractivity contribution in [2.24, 2.45) is 12.0 Å². The summed E-state index contributed by atoms with van der Waals surface area (Å²) in [4.78, 5) is 19.1. The van der Waals surface area contributed by atoms with Crippen LogP contribution >= 0.6 is 0 Å². The molecule has 3 aromatic heterocycles. The summed E-state index contributed by atoms with van der Waals surface area (Å²) in [5.74, 6) is 0.874. The Bertz CT molecular complexity index is 1480. The van der Waals surface area contributed by atoms with Crippen molar-refractivity contribution in [3.8, 4) is 17.1 Å². The lowest BCUT2D eigenvalue weighted by Crippen LogP contribution is -2.10. The minimum Gasteiger partial charge on any atom is -0.494 e. The quantitative estimate of drug-likeness (QED) is 0.414. The lowest BCUT2D eigenvalue weighted by atomic mass is 10.1. The van der Waals surface area contributed by atoms with Crippen molar-refractivity contribution in [3.05, 3.63) is 58.9 Å². The van der Waals surface area contributed by atoms with Gasteiger partial charge in [0.25, 0.3) is 6.43 Å². The molecule has 184 valence electrons. The van der Waals surface area contributed by atoms with Gasteiger partial charge in [0.1, 0.15) is 5.69 Å². The van der Waals surface area contributed by atoms with Gasteiger partial charge in [0, 0.05) is 24.7 Å². The molecule has 1 aliphatic heterocycles. The topological polar surface area (TPSA) is 116 Å². The number of rotatable bonds is 7. The Hall–Kier alpha value is -4.35. The number of alkyl halides is 2. The third kappa shape index (κ3) is 4.49. The molecule has 5 rings (SSSR count). The molecule has 0 atom stereocenters. The highest BCUT2D eigenvalue weighted by Gasteiger charge is 2.27. The van der Waals surface area contributed by atoms with E-state index in [4.69, 9.17) is 4.74 Å². The van der Waals surface area contributed by atoms with Crippen LogP contribution in [0.4, 0.5) is 25.8 Å². The van der Waals surface area contributed by atoms with Crippen LogP contribution in [0.15, 0.2) is 35.5 Å². The molecule has 0 radical (unpaired) electrons. The highest BCUT2D eigenvalue weighted by atomic mass is 19.3. The standard InChI is InChI=1S/C24H23F2N9O/c1-12-13(2)28-15(11-27-12)8-14-9-18(21-19(29-14)10-20(31-21)23(25)26)30-17-7-5-6-16(22(17)36-4)24-32-34-35(3)33-24/h5-7,9,11,23H,8,10H2,1-4H3,(H,29,30). The first kappa shape index (κ1) is 23.4. The van der Waals surface area contributed by atoms with Gasteiger partial charge in [-0.2, -0.15) is 4.80 Å². The minimum absolute atomic E-state index is 0.0190. The van der Waals surface area contributed by atoms with Crippen LogP contribution in [0.5, 0.6) is 5.75 Å². The van der Waals surface area contributed by atoms with Crippen LogP contribution in [0, 0.1) is 13.8 Å². The van der Waals surface area contributed by atoms with E-state index in [9.17, 15) is 8.78 Å². The normalized spacial score (nSPS) is 12.6. The number of aliphatic imine (C=N–C) groups is 1. The fraction of sp³-hybridized carbons (Fsp3) is 0.292. The zero-order valence-corrected chi connectivity index (χ0v) is 20.1. The highest BCUT2D eigenvalue weighted by Crippen LogP contribution is 2.41. The summed E-state index contributed by atoms with van der Waals surface area (Å²) in [6.45, 7) is 3.78. The number of para-hydroxylation sites is 1. The van der Waals surface area contributed by atoms with Gasteiger partial charge < -0.3 is 10.1 Å². The Morgan fingerprint density at radius 3 is 2.64 bits per heavy atom. The molecular weight excluding hydrogens is 468 g/mol. The first-order chi connectivity index (χ1) is 17.3. The van der Waals surface area contributed by atoms with Gasteiger partial charge in [0.15, 0.2) is 5.75 Å². The Balaban J connectivity index is 1.56. The third-order valence-electron chi connectivity index (χ3n) is 5.82. The maximum atomic E-state index is 13.5. The van der Waals surface area contributed by atoms with Gasteiger partial charge in [-0.1, -0.05) is 6.07 Å². The molecule has 0 fully saturated rings. The van der Waals surface area contributed by atoms with Gasteiger partial charge in [0.2, 0.25) is 5.82 Å². The number of anilines is 2. The number of benzene rings is 1. The predicted molar refractivity (Wildman–Crippen MR) is 129 cm³/mol. The Morgan fingerprint density at radius 1 is 1.11 bits per heavy atom. The van der Waals surface area contributed by atoms with Gasteiger partial charge in [-0.25, -0.2) is 13.8 Å². The molecule has 1 N–H and O–H groups in total. The molecule has 0 saturated carbocycles. The molecule has 10 nitrogen and oxygen atoms in total. The number of pyridine rings is 1. The first-order valence-electron chi connectivity index (χ1n) is 11.2. The van der Waals surface area contributed by atoms with Crippen molar-refractivity contribution in [1.82, 2.24) is 35.2 Å². The van der Waals surface area contributed by atoms with E-state index in [1.165, 1.54) is 11.9 Å². The number of aromatic nitrogens is 7. The Labute approximate surface area is 205 Å². The number of halogens is 2. The number of tetrazole rings is 1. The van der Waals surface area contributed by atoms with E-state index in [0.717, 1.165) is 17.1 Å². The van der Waals surface area contributed by atoms with Crippen LogP contribution in [0.1, 0.15) is 28.5 Å². The van der Waals surface area contributed by atoms with Gasteiger partial charge >= 0.3 is 0 Å². The molecule has 4 heterocycles. The SMILES string of the molecule is COc1c(Nc2cc(Cc3cnc(C)c(C)n3)nc3c2N=C(C(F)F)C3)cccc1-c1nnn(C)n1. The van der Waals surface area contributed by atoms with Crippen molar-refractivity contribution >= 4 is 22.8 Å². The maximum Gasteiger partial charge on any atom is 0.277 e. The molecule has 0 unspecified atom stereocenters. The smallest absolute Gasteiger partial charge is 0.277 e. The fourth-order valence-corrected chi connectivity index (χ4v) is 3.99. The molecule has 0 aliphatic carbocycles. The minimum atomic E-state index is -2.67. The first-order valence-corrected chi connectivity index (χ1v) is 11.2. The number of nitrogens with one attached hydrogen (secondary N) is 1. The summed E-state index contributed by atoms with van der Waals surface area (Å²) in [6.07, 6.45) is -0.594. The molecule has 0 spiro atoms. The Morgan fingerprint density at radius 2 is 1.94 bits per heavy atom. The number of fused-ring (bicyclic) bond motifs is 1. The molecular formula is C24H23F2N9O. The van der Waals surface area contributed by atoms with Crippen molar-refractivity contribution in [1.29, 1.82) is 0 Å². The van der Waals surface area contributed by atoms with Gasteiger partial charge in [-0.15, -0.1) is 10.2 Å². The molecule has 0 amide bonds. The number of methoxy groups -OCH3 is 1. The van der Waals surface area contributed by atoms with Crippen LogP contribution in [-0.4, -0.2) is 54.4 Å². The number of nitrogens with zero attached hydrogens (tertiary/aromatic N) is 8. The largest absolute Gasteiger partial charge is 0.494 e. The van der Waals surface area contributed by atoms with Gasteiger partial charge in [0.05, 0.1) is 59.6 Å². The number of hydrogen-bond donors (Lipinski definition) is 1. The fourth-order valence-electron chi connectivity index (χ4n) is 3.99. The molecule has 4 aromatic rings. The number of ether oxygens (including phenoxy) is 1. The van der Waals surface area contributed by atoms with Crippen molar-refractivity contribution in [2.45, 2.75) is 33.1 Å². The second-order valence-corrected chi connectivity index (χ2v) is 8.36. The van der Waals surface area contributed by atoms with E-state index in [1.54, 1.807) is 19.3 Å². The number of hydrogen-bond acceptors (Lipinski definition) is 9. The van der Waals surface area contributed by atoms with Crippen LogP contribution in [-0.2, 0) is 19.9 Å². The van der Waals surface area contributed by atoms with Crippen molar-refractivity contribution in [3.63, 3.8) is 0 Å². The van der Waals surface area contributed by atoms with E-state index < -0.39 is 6.43 Å². The third-order valence-corrected chi connectivity index (χ3v) is 5.82. The summed E-state index contributed by atoms with van der Waals surface area (Å²) in [5, 5.41) is 15.5. The number of aryl methyl sites for hydroxylation is 3. The molecule has 0 bridgehead atoms. The summed E-state index contributed by atoms with van der Waals surface area (Å²) < 4.78 is 32.7. The Kier molecular flexibility index (Phi) is 6.08. The lowest BCUT2D eigenvalue weighted by molar-refractivity contribution is 0.224. The van der Waals surface area contributed by atoms with E-state index in [1.807, 2.05) is 32.0 Å². The second-order valence-electron chi connectivity index (χ2n) is 8.36. The van der Waals surface area contributed by atoms with Crippen LogP contribution in [0.25, 0.3) is 11.4 Å². The van der Waals surface area contributed by atoms with Crippen molar-refractivity contribution in [2.75, 3.05) is 12.4 Å². The average Bonchev–Trinajstić information content (AvgIpc) is 3.48. The molecule has 1 aliphatic rings.